The molecular weight excluding hydrogens is 374 g/mol. The van der Waals surface area contributed by atoms with E-state index in [1.165, 1.54) is 17.3 Å². The van der Waals surface area contributed by atoms with E-state index in [4.69, 9.17) is 4.74 Å². The zero-order chi connectivity index (χ0) is 19.5. The van der Waals surface area contributed by atoms with Crippen LogP contribution in [0.15, 0.2) is 29.3 Å². The molecule has 7 heteroatoms. The van der Waals surface area contributed by atoms with Gasteiger partial charge in [-0.1, -0.05) is 23.9 Å². The van der Waals surface area contributed by atoms with Crippen molar-refractivity contribution >= 4 is 28.7 Å². The summed E-state index contributed by atoms with van der Waals surface area (Å²) in [5.41, 5.74) is 1.33. The van der Waals surface area contributed by atoms with E-state index in [0.717, 1.165) is 49.7 Å². The van der Waals surface area contributed by atoms with Crippen LogP contribution in [0.1, 0.15) is 31.2 Å². The van der Waals surface area contributed by atoms with Gasteiger partial charge in [-0.15, -0.1) is 0 Å². The van der Waals surface area contributed by atoms with Gasteiger partial charge in [0.1, 0.15) is 11.0 Å². The highest BCUT2D eigenvalue weighted by atomic mass is 32.2. The lowest BCUT2D eigenvalue weighted by molar-refractivity contribution is -0.135. The molecule has 2 amide bonds. The van der Waals surface area contributed by atoms with Crippen molar-refractivity contribution in [2.24, 2.45) is 10.9 Å². The molecule has 3 heterocycles. The fourth-order valence-corrected chi connectivity index (χ4v) is 5.32. The van der Waals surface area contributed by atoms with E-state index in [2.05, 4.69) is 17.1 Å². The Hall–Kier alpha value is -2.02. The molecule has 0 unspecified atom stereocenters. The number of hydrogen-bond acceptors (Lipinski definition) is 5. The van der Waals surface area contributed by atoms with Crippen LogP contribution in [0.2, 0.25) is 0 Å². The fraction of sp³-hybridized carbons (Fsp3) is 0.571. The van der Waals surface area contributed by atoms with Gasteiger partial charge in [0.25, 0.3) is 0 Å². The first-order valence-electron chi connectivity index (χ1n) is 10.1. The Labute approximate surface area is 170 Å². The van der Waals surface area contributed by atoms with Gasteiger partial charge in [-0.25, -0.2) is 0 Å². The number of ether oxygens (including phenoxy) is 1. The second-order valence-corrected chi connectivity index (χ2v) is 8.85. The fourth-order valence-electron chi connectivity index (χ4n) is 4.13. The SMILES string of the molecule is COc1ccc(CCC2CCN(C(=O)C[C@H]3SC4=NCCN4C3=O)CC2)cc1. The number of nitrogens with zero attached hydrogens (tertiary/aromatic N) is 3. The second-order valence-electron chi connectivity index (χ2n) is 7.68. The summed E-state index contributed by atoms with van der Waals surface area (Å²) >= 11 is 1.46. The molecule has 0 aliphatic carbocycles. The number of likely N-dealkylation sites (tertiary alicyclic amines) is 1. The first-order valence-corrected chi connectivity index (χ1v) is 10.9. The highest BCUT2D eigenvalue weighted by Crippen LogP contribution is 2.32. The van der Waals surface area contributed by atoms with E-state index in [9.17, 15) is 9.59 Å². The summed E-state index contributed by atoms with van der Waals surface area (Å²) in [6, 6.07) is 8.28. The maximum Gasteiger partial charge on any atom is 0.242 e. The highest BCUT2D eigenvalue weighted by molar-refractivity contribution is 8.15. The Morgan fingerprint density at radius 3 is 2.64 bits per heavy atom. The average molecular weight is 402 g/mol. The minimum Gasteiger partial charge on any atom is -0.497 e. The van der Waals surface area contributed by atoms with Crippen molar-refractivity contribution in [2.45, 2.75) is 37.4 Å². The number of rotatable bonds is 6. The number of aryl methyl sites for hydroxylation is 1. The van der Waals surface area contributed by atoms with Gasteiger partial charge in [0.15, 0.2) is 5.17 Å². The molecule has 0 radical (unpaired) electrons. The molecule has 0 saturated carbocycles. The largest absolute Gasteiger partial charge is 0.497 e. The van der Waals surface area contributed by atoms with Crippen molar-refractivity contribution in [1.29, 1.82) is 0 Å². The molecule has 1 aromatic rings. The van der Waals surface area contributed by atoms with Gasteiger partial charge >= 0.3 is 0 Å². The summed E-state index contributed by atoms with van der Waals surface area (Å²) in [6.07, 6.45) is 4.61. The standard InChI is InChI=1S/C21H27N3O3S/c1-27-17-6-4-15(5-7-17)2-3-16-8-11-23(12-9-16)19(25)14-18-20(26)24-13-10-22-21(24)28-18/h4-7,16,18H,2-3,8-14H2,1H3/t18-/m1/s1. The van der Waals surface area contributed by atoms with Gasteiger partial charge in [-0.2, -0.15) is 0 Å². The first kappa shape index (κ1) is 19.3. The maximum atomic E-state index is 12.7. The quantitative estimate of drug-likeness (QED) is 0.735. The zero-order valence-electron chi connectivity index (χ0n) is 16.3. The van der Waals surface area contributed by atoms with Crippen molar-refractivity contribution in [3.63, 3.8) is 0 Å². The zero-order valence-corrected chi connectivity index (χ0v) is 17.1. The number of carbonyl (C=O) groups excluding carboxylic acids is 2. The highest BCUT2D eigenvalue weighted by Gasteiger charge is 2.41. The third kappa shape index (κ3) is 4.19. The summed E-state index contributed by atoms with van der Waals surface area (Å²) in [6.45, 7) is 2.98. The number of fused-ring (bicyclic) bond motifs is 1. The number of methoxy groups -OCH3 is 1. The smallest absolute Gasteiger partial charge is 0.242 e. The van der Waals surface area contributed by atoms with Crippen LogP contribution in [-0.2, 0) is 16.0 Å². The maximum absolute atomic E-state index is 12.7. The molecule has 0 N–H and O–H groups in total. The normalized spacial score (nSPS) is 22.4. The van der Waals surface area contributed by atoms with Crippen LogP contribution < -0.4 is 4.74 Å². The van der Waals surface area contributed by atoms with Crippen LogP contribution in [-0.4, -0.2) is 65.3 Å². The van der Waals surface area contributed by atoms with Crippen molar-refractivity contribution < 1.29 is 14.3 Å². The van der Waals surface area contributed by atoms with E-state index in [1.54, 1.807) is 12.0 Å². The van der Waals surface area contributed by atoms with Crippen LogP contribution in [0.3, 0.4) is 0 Å². The van der Waals surface area contributed by atoms with Crippen molar-refractivity contribution in [3.8, 4) is 5.75 Å². The minimum absolute atomic E-state index is 0.0592. The van der Waals surface area contributed by atoms with Gasteiger partial charge in [0, 0.05) is 26.1 Å². The van der Waals surface area contributed by atoms with Crippen LogP contribution >= 0.6 is 11.8 Å². The van der Waals surface area contributed by atoms with Crippen LogP contribution in [0.4, 0.5) is 0 Å². The van der Waals surface area contributed by atoms with Crippen molar-refractivity contribution in [3.05, 3.63) is 29.8 Å². The predicted octanol–water partition coefficient (Wildman–Crippen LogP) is 2.57. The number of piperidine rings is 1. The predicted molar refractivity (Wildman–Crippen MR) is 111 cm³/mol. The van der Waals surface area contributed by atoms with Crippen LogP contribution in [0.5, 0.6) is 5.75 Å². The number of benzene rings is 1. The van der Waals surface area contributed by atoms with Crippen molar-refractivity contribution in [1.82, 2.24) is 9.80 Å². The molecule has 0 bridgehead atoms. The van der Waals surface area contributed by atoms with E-state index in [-0.39, 0.29) is 17.1 Å². The molecule has 1 aromatic carbocycles. The van der Waals surface area contributed by atoms with Gasteiger partial charge in [-0.3, -0.25) is 19.5 Å². The minimum atomic E-state index is -0.278. The molecule has 2 fully saturated rings. The molecule has 2 saturated heterocycles. The number of carbonyl (C=O) groups is 2. The molecule has 6 nitrogen and oxygen atoms in total. The lowest BCUT2D eigenvalue weighted by atomic mass is 9.90. The van der Waals surface area contributed by atoms with Crippen molar-refractivity contribution in [2.75, 3.05) is 33.3 Å². The molecule has 4 rings (SSSR count). The lowest BCUT2D eigenvalue weighted by Crippen LogP contribution is -2.41. The molecule has 150 valence electrons. The molecule has 0 spiro atoms. The molecule has 3 aliphatic rings. The Kier molecular flexibility index (Phi) is 5.90. The Bertz CT molecular complexity index is 757. The van der Waals surface area contributed by atoms with E-state index >= 15 is 0 Å². The Balaban J connectivity index is 1.20. The van der Waals surface area contributed by atoms with Gasteiger partial charge < -0.3 is 9.64 Å². The summed E-state index contributed by atoms with van der Waals surface area (Å²) in [7, 11) is 1.68. The summed E-state index contributed by atoms with van der Waals surface area (Å²) in [4.78, 5) is 33.0. The number of amidine groups is 1. The third-order valence-electron chi connectivity index (χ3n) is 5.92. The van der Waals surface area contributed by atoms with Gasteiger partial charge in [-0.05, 0) is 49.3 Å². The molecule has 3 aliphatic heterocycles. The Morgan fingerprint density at radius 2 is 1.96 bits per heavy atom. The molecule has 0 aromatic heterocycles. The Morgan fingerprint density at radius 1 is 1.21 bits per heavy atom. The van der Waals surface area contributed by atoms with Gasteiger partial charge in [0.05, 0.1) is 13.7 Å². The number of thioether (sulfide) groups is 1. The first-order chi connectivity index (χ1) is 13.6. The monoisotopic (exact) mass is 401 g/mol. The lowest BCUT2D eigenvalue weighted by Gasteiger charge is -2.32. The van der Waals surface area contributed by atoms with Gasteiger partial charge in [0.2, 0.25) is 11.8 Å². The van der Waals surface area contributed by atoms with E-state index < -0.39 is 0 Å². The summed E-state index contributed by atoms with van der Waals surface area (Å²) < 4.78 is 5.20. The number of amides is 2. The van der Waals surface area contributed by atoms with E-state index in [0.29, 0.717) is 25.4 Å². The average Bonchev–Trinajstić information content (AvgIpc) is 3.30. The van der Waals surface area contributed by atoms with Crippen LogP contribution in [0, 0.1) is 5.92 Å². The van der Waals surface area contributed by atoms with E-state index in [1.807, 2.05) is 17.0 Å². The third-order valence-corrected chi connectivity index (χ3v) is 7.13. The summed E-state index contributed by atoms with van der Waals surface area (Å²) in [5.74, 6) is 1.72. The number of aliphatic imine (C=N–C) groups is 1. The second kappa shape index (κ2) is 8.55. The molecular formula is C21H27N3O3S. The molecule has 1 atom stereocenters. The summed E-state index contributed by atoms with van der Waals surface area (Å²) in [5, 5.41) is 0.527. The topological polar surface area (TPSA) is 62.2 Å². The molecule has 28 heavy (non-hydrogen) atoms. The number of hydrogen-bond donors (Lipinski definition) is 0. The van der Waals surface area contributed by atoms with Crippen LogP contribution in [0.25, 0.3) is 0 Å².